The van der Waals surface area contributed by atoms with Crippen LogP contribution in [0.2, 0.25) is 5.02 Å². The zero-order valence-electron chi connectivity index (χ0n) is 11.3. The van der Waals surface area contributed by atoms with Gasteiger partial charge in [-0.2, -0.15) is 0 Å². The Hall–Kier alpha value is -1.98. The van der Waals surface area contributed by atoms with Crippen LogP contribution in [-0.2, 0) is 6.42 Å². The zero-order valence-corrected chi connectivity index (χ0v) is 12.1. The van der Waals surface area contributed by atoms with E-state index in [0.717, 1.165) is 5.56 Å². The molecule has 0 fully saturated rings. The number of nitro benzene ring substituents is 1. The Labute approximate surface area is 126 Å². The Morgan fingerprint density at radius 2 is 1.95 bits per heavy atom. The van der Waals surface area contributed by atoms with E-state index in [0.29, 0.717) is 17.0 Å². The van der Waals surface area contributed by atoms with E-state index in [2.05, 4.69) is 5.32 Å². The smallest absolute Gasteiger partial charge is 0.269 e. The quantitative estimate of drug-likeness (QED) is 0.673. The molecule has 1 unspecified atom stereocenters. The molecule has 0 heterocycles. The Kier molecular flexibility index (Phi) is 4.88. The van der Waals surface area contributed by atoms with Gasteiger partial charge in [-0.05, 0) is 37.2 Å². The summed E-state index contributed by atoms with van der Waals surface area (Å²) in [5, 5.41) is 14.1. The van der Waals surface area contributed by atoms with Crippen molar-refractivity contribution in [3.63, 3.8) is 0 Å². The van der Waals surface area contributed by atoms with E-state index in [1.54, 1.807) is 25.2 Å². The molecular weight excluding hydrogens is 295 g/mol. The second-order valence-electron chi connectivity index (χ2n) is 4.63. The fourth-order valence-corrected chi connectivity index (χ4v) is 2.32. The van der Waals surface area contributed by atoms with Crippen LogP contribution in [-0.4, -0.2) is 12.0 Å². The van der Waals surface area contributed by atoms with Gasteiger partial charge in [0.15, 0.2) is 0 Å². The highest BCUT2D eigenvalue weighted by atomic mass is 35.5. The summed E-state index contributed by atoms with van der Waals surface area (Å²) in [7, 11) is 1.73. The molecule has 2 aromatic carbocycles. The van der Waals surface area contributed by atoms with Crippen molar-refractivity contribution in [3.05, 3.63) is 74.5 Å². The highest BCUT2D eigenvalue weighted by molar-refractivity contribution is 6.30. The van der Waals surface area contributed by atoms with Crippen LogP contribution < -0.4 is 5.32 Å². The molecule has 0 aliphatic carbocycles. The Morgan fingerprint density at radius 1 is 1.29 bits per heavy atom. The Balaban J connectivity index is 2.22. The van der Waals surface area contributed by atoms with Gasteiger partial charge in [0.25, 0.3) is 5.69 Å². The lowest BCUT2D eigenvalue weighted by Gasteiger charge is -2.17. The van der Waals surface area contributed by atoms with Gasteiger partial charge in [0.2, 0.25) is 0 Å². The van der Waals surface area contributed by atoms with Crippen LogP contribution in [0.5, 0.6) is 0 Å². The number of nitrogens with zero attached hydrogens (tertiary/aromatic N) is 1. The molecule has 1 N–H and O–H groups in total. The molecule has 0 saturated carbocycles. The summed E-state index contributed by atoms with van der Waals surface area (Å²) in [6.07, 6.45) is 0.506. The molecule has 0 spiro atoms. The molecule has 2 rings (SSSR count). The van der Waals surface area contributed by atoms with Crippen molar-refractivity contribution in [2.24, 2.45) is 0 Å². The maximum atomic E-state index is 13.9. The van der Waals surface area contributed by atoms with E-state index < -0.39 is 4.92 Å². The summed E-state index contributed by atoms with van der Waals surface area (Å²) < 4.78 is 13.9. The fourth-order valence-electron chi connectivity index (χ4n) is 2.14. The van der Waals surface area contributed by atoms with Crippen molar-refractivity contribution in [1.82, 2.24) is 5.32 Å². The van der Waals surface area contributed by atoms with Gasteiger partial charge >= 0.3 is 0 Å². The monoisotopic (exact) mass is 308 g/mol. The van der Waals surface area contributed by atoms with Crippen molar-refractivity contribution in [1.29, 1.82) is 0 Å². The predicted octanol–water partition coefficient (Wildman–Crippen LogP) is 3.89. The minimum Gasteiger partial charge on any atom is -0.313 e. The summed E-state index contributed by atoms with van der Waals surface area (Å²) in [5.41, 5.74) is 1.39. The molecular formula is C15H14ClFN2O2. The molecule has 0 amide bonds. The van der Waals surface area contributed by atoms with Crippen LogP contribution in [0.1, 0.15) is 17.2 Å². The van der Waals surface area contributed by atoms with Crippen molar-refractivity contribution < 1.29 is 9.31 Å². The molecule has 2 aromatic rings. The van der Waals surface area contributed by atoms with Gasteiger partial charge in [-0.15, -0.1) is 0 Å². The van der Waals surface area contributed by atoms with E-state index in [1.165, 1.54) is 24.3 Å². The van der Waals surface area contributed by atoms with Crippen LogP contribution in [0.25, 0.3) is 0 Å². The van der Waals surface area contributed by atoms with Crippen LogP contribution >= 0.6 is 11.6 Å². The Bertz CT molecular complexity index is 647. The first-order valence-electron chi connectivity index (χ1n) is 6.37. The maximum absolute atomic E-state index is 13.9. The third-order valence-corrected chi connectivity index (χ3v) is 3.50. The molecule has 4 nitrogen and oxygen atoms in total. The van der Waals surface area contributed by atoms with Crippen molar-refractivity contribution in [2.75, 3.05) is 7.05 Å². The standard InChI is InChI=1S/C15H14ClFN2O2/c1-18-15(13-9-11(16)4-7-14(13)17)8-10-2-5-12(6-3-10)19(20)21/h2-7,9,15,18H,8H2,1H3. The molecule has 0 bridgehead atoms. The van der Waals surface area contributed by atoms with Gasteiger partial charge < -0.3 is 5.32 Å². The van der Waals surface area contributed by atoms with E-state index >= 15 is 0 Å². The summed E-state index contributed by atoms with van der Waals surface area (Å²) in [5.74, 6) is -0.333. The topological polar surface area (TPSA) is 55.2 Å². The number of rotatable bonds is 5. The van der Waals surface area contributed by atoms with Gasteiger partial charge in [0.05, 0.1) is 4.92 Å². The molecule has 0 aliphatic rings. The third-order valence-electron chi connectivity index (χ3n) is 3.27. The Morgan fingerprint density at radius 3 is 2.52 bits per heavy atom. The van der Waals surface area contributed by atoms with Crippen molar-refractivity contribution in [2.45, 2.75) is 12.5 Å². The number of likely N-dealkylation sites (N-methyl/N-ethyl adjacent to an activating group) is 1. The molecule has 6 heteroatoms. The highest BCUT2D eigenvalue weighted by Gasteiger charge is 2.16. The second-order valence-corrected chi connectivity index (χ2v) is 5.07. The lowest BCUT2D eigenvalue weighted by atomic mass is 9.98. The number of nitro groups is 1. The van der Waals surface area contributed by atoms with Gasteiger partial charge in [-0.3, -0.25) is 10.1 Å². The van der Waals surface area contributed by atoms with Crippen LogP contribution in [0.15, 0.2) is 42.5 Å². The van der Waals surface area contributed by atoms with Crippen LogP contribution in [0.4, 0.5) is 10.1 Å². The van der Waals surface area contributed by atoms with E-state index in [4.69, 9.17) is 11.6 Å². The van der Waals surface area contributed by atoms with E-state index in [9.17, 15) is 14.5 Å². The van der Waals surface area contributed by atoms with Crippen molar-refractivity contribution >= 4 is 17.3 Å². The first kappa shape index (κ1) is 15.4. The summed E-state index contributed by atoms with van der Waals surface area (Å²) in [4.78, 5) is 10.2. The van der Waals surface area contributed by atoms with Gasteiger partial charge in [-0.1, -0.05) is 23.7 Å². The van der Waals surface area contributed by atoms with Crippen molar-refractivity contribution in [3.8, 4) is 0 Å². The number of benzene rings is 2. The minimum atomic E-state index is -0.448. The van der Waals surface area contributed by atoms with Crippen LogP contribution in [0.3, 0.4) is 0 Å². The molecule has 0 aromatic heterocycles. The SMILES string of the molecule is CNC(Cc1ccc([N+](=O)[O-])cc1)c1cc(Cl)ccc1F. The number of halogens is 2. The first-order chi connectivity index (χ1) is 10.0. The number of hydrogen-bond acceptors (Lipinski definition) is 3. The molecule has 1 atom stereocenters. The lowest BCUT2D eigenvalue weighted by Crippen LogP contribution is -2.20. The zero-order chi connectivity index (χ0) is 15.4. The second kappa shape index (κ2) is 6.65. The average Bonchev–Trinajstić information content (AvgIpc) is 2.48. The number of hydrogen-bond donors (Lipinski definition) is 1. The lowest BCUT2D eigenvalue weighted by molar-refractivity contribution is -0.384. The summed E-state index contributed by atoms with van der Waals surface area (Å²) >= 11 is 5.91. The van der Waals surface area contributed by atoms with E-state index in [1.807, 2.05) is 0 Å². The number of non-ortho nitro benzene ring substituents is 1. The highest BCUT2D eigenvalue weighted by Crippen LogP contribution is 2.25. The summed E-state index contributed by atoms with van der Waals surface area (Å²) in [6, 6.07) is 10.4. The van der Waals surface area contributed by atoms with Gasteiger partial charge in [0, 0.05) is 28.8 Å². The molecule has 110 valence electrons. The number of nitrogens with one attached hydrogen (secondary N) is 1. The molecule has 0 radical (unpaired) electrons. The summed E-state index contributed by atoms with van der Waals surface area (Å²) in [6.45, 7) is 0. The molecule has 21 heavy (non-hydrogen) atoms. The minimum absolute atomic E-state index is 0.0358. The average molecular weight is 309 g/mol. The van der Waals surface area contributed by atoms with Gasteiger partial charge in [0.1, 0.15) is 5.82 Å². The van der Waals surface area contributed by atoms with Crippen LogP contribution in [0, 0.1) is 15.9 Å². The predicted molar refractivity (Wildman–Crippen MR) is 80.0 cm³/mol. The van der Waals surface area contributed by atoms with Gasteiger partial charge in [-0.25, -0.2) is 4.39 Å². The first-order valence-corrected chi connectivity index (χ1v) is 6.74. The molecule has 0 aliphatic heterocycles. The molecule has 0 saturated heterocycles. The van der Waals surface area contributed by atoms with E-state index in [-0.39, 0.29) is 17.5 Å². The maximum Gasteiger partial charge on any atom is 0.269 e. The largest absolute Gasteiger partial charge is 0.313 e. The third kappa shape index (κ3) is 3.77. The fraction of sp³-hybridized carbons (Fsp3) is 0.200. The normalized spacial score (nSPS) is 12.1.